The lowest BCUT2D eigenvalue weighted by Crippen LogP contribution is -2.31. The molecule has 0 saturated heterocycles. The van der Waals surface area contributed by atoms with Crippen LogP contribution in [0, 0.1) is 0 Å². The summed E-state index contributed by atoms with van der Waals surface area (Å²) < 4.78 is 5.31. The Morgan fingerprint density at radius 1 is 1.45 bits per heavy atom. The predicted octanol–water partition coefficient (Wildman–Crippen LogP) is 3.02. The average Bonchev–Trinajstić information content (AvgIpc) is 2.41. The van der Waals surface area contributed by atoms with Crippen LogP contribution >= 0.6 is 11.6 Å². The minimum absolute atomic E-state index is 0.325. The van der Waals surface area contributed by atoms with Gasteiger partial charge in [0.2, 0.25) is 0 Å². The summed E-state index contributed by atoms with van der Waals surface area (Å²) in [5.74, 6) is 0.589. The lowest BCUT2D eigenvalue weighted by Gasteiger charge is -2.11. The molecule has 0 aromatic heterocycles. The third-order valence-electron chi connectivity index (χ3n) is 2.72. The van der Waals surface area contributed by atoms with Gasteiger partial charge >= 0.3 is 6.03 Å². The molecule has 0 aliphatic carbocycles. The Bertz CT molecular complexity index is 440. The van der Waals surface area contributed by atoms with Crippen molar-refractivity contribution in [1.82, 2.24) is 5.32 Å². The smallest absolute Gasteiger partial charge is 0.319 e. The summed E-state index contributed by atoms with van der Waals surface area (Å²) in [6.45, 7) is 4.73. The van der Waals surface area contributed by atoms with Crippen LogP contribution in [0.5, 0.6) is 5.75 Å². The highest BCUT2D eigenvalue weighted by Crippen LogP contribution is 2.27. The summed E-state index contributed by atoms with van der Waals surface area (Å²) in [5.41, 5.74) is 0.590. The number of carbonyl (C=O) groups excluding carboxylic acids is 1. The van der Waals surface area contributed by atoms with Crippen LogP contribution in [0.4, 0.5) is 10.5 Å². The maximum atomic E-state index is 11.6. The molecule has 20 heavy (non-hydrogen) atoms. The zero-order valence-corrected chi connectivity index (χ0v) is 12.5. The van der Waals surface area contributed by atoms with Gasteiger partial charge in [-0.25, -0.2) is 4.79 Å². The standard InChI is InChI=1S/C14H21ClN2O3/c1-3-11(18)7-8-16-14(19)17-10-5-6-13(20-4-2)12(15)9-10/h5-6,9,11,18H,3-4,7-8H2,1-2H3,(H2,16,17,19). The van der Waals surface area contributed by atoms with Gasteiger partial charge in [-0.05, 0) is 38.0 Å². The van der Waals surface area contributed by atoms with Crippen LogP contribution in [0.3, 0.4) is 0 Å². The second-order valence-electron chi connectivity index (χ2n) is 4.31. The number of hydrogen-bond donors (Lipinski definition) is 3. The van der Waals surface area contributed by atoms with E-state index in [2.05, 4.69) is 10.6 Å². The van der Waals surface area contributed by atoms with E-state index >= 15 is 0 Å². The molecule has 0 bridgehead atoms. The number of carbonyl (C=O) groups is 1. The summed E-state index contributed by atoms with van der Waals surface area (Å²) in [6.07, 6.45) is 0.835. The molecule has 0 spiro atoms. The number of aliphatic hydroxyl groups excluding tert-OH is 1. The third-order valence-corrected chi connectivity index (χ3v) is 3.02. The van der Waals surface area contributed by atoms with Crippen LogP contribution in [-0.4, -0.2) is 30.4 Å². The lowest BCUT2D eigenvalue weighted by atomic mass is 10.2. The number of amides is 2. The molecule has 112 valence electrons. The summed E-state index contributed by atoms with van der Waals surface area (Å²) in [5, 5.41) is 15.2. The maximum absolute atomic E-state index is 11.6. The first kappa shape index (κ1) is 16.6. The quantitative estimate of drug-likeness (QED) is 0.725. The van der Waals surface area contributed by atoms with Crippen molar-refractivity contribution in [2.24, 2.45) is 0 Å². The van der Waals surface area contributed by atoms with Gasteiger partial charge in [-0.1, -0.05) is 18.5 Å². The van der Waals surface area contributed by atoms with Crippen LogP contribution < -0.4 is 15.4 Å². The number of halogens is 1. The van der Waals surface area contributed by atoms with E-state index in [0.717, 1.165) is 0 Å². The van der Waals surface area contributed by atoms with Gasteiger partial charge in [0.15, 0.2) is 0 Å². The van der Waals surface area contributed by atoms with Gasteiger partial charge in [-0.3, -0.25) is 0 Å². The number of benzene rings is 1. The van der Waals surface area contributed by atoms with Gasteiger partial charge in [0.1, 0.15) is 5.75 Å². The van der Waals surface area contributed by atoms with E-state index < -0.39 is 0 Å². The summed E-state index contributed by atoms with van der Waals surface area (Å²) in [4.78, 5) is 11.6. The number of nitrogens with one attached hydrogen (secondary N) is 2. The Morgan fingerprint density at radius 3 is 2.80 bits per heavy atom. The average molecular weight is 301 g/mol. The highest BCUT2D eigenvalue weighted by atomic mass is 35.5. The maximum Gasteiger partial charge on any atom is 0.319 e. The first-order valence-corrected chi connectivity index (χ1v) is 7.09. The minimum atomic E-state index is -0.379. The van der Waals surface area contributed by atoms with Gasteiger partial charge in [-0.15, -0.1) is 0 Å². The van der Waals surface area contributed by atoms with Gasteiger partial charge in [0, 0.05) is 12.2 Å². The van der Waals surface area contributed by atoms with E-state index in [0.29, 0.717) is 42.5 Å². The van der Waals surface area contributed by atoms with Crippen molar-refractivity contribution in [3.63, 3.8) is 0 Å². The van der Waals surface area contributed by atoms with Crippen molar-refractivity contribution in [2.75, 3.05) is 18.5 Å². The van der Waals surface area contributed by atoms with Crippen LogP contribution in [0.15, 0.2) is 18.2 Å². The second kappa shape index (κ2) is 8.66. The Balaban J connectivity index is 2.44. The summed E-state index contributed by atoms with van der Waals surface area (Å²) in [6, 6.07) is 4.74. The SMILES string of the molecule is CCOc1ccc(NC(=O)NCCC(O)CC)cc1Cl. The number of anilines is 1. The van der Waals surface area contributed by atoms with Crippen LogP contribution in [0.25, 0.3) is 0 Å². The van der Waals surface area contributed by atoms with Crippen molar-refractivity contribution < 1.29 is 14.6 Å². The van der Waals surface area contributed by atoms with Gasteiger partial charge in [0.05, 0.1) is 17.7 Å². The first-order valence-electron chi connectivity index (χ1n) is 6.72. The van der Waals surface area contributed by atoms with Crippen molar-refractivity contribution in [2.45, 2.75) is 32.8 Å². The minimum Gasteiger partial charge on any atom is -0.492 e. The number of rotatable bonds is 7. The Morgan fingerprint density at radius 2 is 2.20 bits per heavy atom. The summed E-state index contributed by atoms with van der Waals surface area (Å²) >= 11 is 6.03. The molecule has 1 unspecified atom stereocenters. The first-order chi connectivity index (χ1) is 9.56. The number of hydrogen-bond acceptors (Lipinski definition) is 3. The zero-order chi connectivity index (χ0) is 15.0. The molecule has 3 N–H and O–H groups in total. The van der Waals surface area contributed by atoms with Gasteiger partial charge < -0.3 is 20.5 Å². The molecular formula is C14H21ClN2O3. The van der Waals surface area contributed by atoms with Crippen molar-refractivity contribution in [3.8, 4) is 5.75 Å². The fourth-order valence-corrected chi connectivity index (χ4v) is 1.82. The Labute approximate surface area is 124 Å². The van der Waals surface area contributed by atoms with Gasteiger partial charge in [-0.2, -0.15) is 0 Å². The van der Waals surface area contributed by atoms with E-state index in [1.54, 1.807) is 18.2 Å². The molecule has 0 heterocycles. The Kier molecular flexibility index (Phi) is 7.18. The number of ether oxygens (including phenoxy) is 1. The van der Waals surface area contributed by atoms with Crippen LogP contribution in [0.2, 0.25) is 5.02 Å². The molecule has 1 aromatic rings. The number of aliphatic hydroxyl groups is 1. The molecule has 0 radical (unpaired) electrons. The predicted molar refractivity (Wildman–Crippen MR) is 80.6 cm³/mol. The molecule has 0 fully saturated rings. The van der Waals surface area contributed by atoms with Crippen molar-refractivity contribution in [3.05, 3.63) is 23.2 Å². The van der Waals surface area contributed by atoms with Crippen LogP contribution in [0.1, 0.15) is 26.7 Å². The fourth-order valence-electron chi connectivity index (χ4n) is 1.58. The monoisotopic (exact) mass is 300 g/mol. The fraction of sp³-hybridized carbons (Fsp3) is 0.500. The molecule has 1 atom stereocenters. The highest BCUT2D eigenvalue weighted by Gasteiger charge is 2.06. The largest absolute Gasteiger partial charge is 0.492 e. The summed E-state index contributed by atoms with van der Waals surface area (Å²) in [7, 11) is 0. The Hall–Kier alpha value is -1.46. The molecule has 2 amide bonds. The molecular weight excluding hydrogens is 280 g/mol. The van der Waals surface area contributed by atoms with E-state index in [9.17, 15) is 9.90 Å². The molecule has 5 nitrogen and oxygen atoms in total. The van der Waals surface area contributed by atoms with Crippen LogP contribution in [-0.2, 0) is 0 Å². The topological polar surface area (TPSA) is 70.6 Å². The van der Waals surface area contributed by atoms with E-state index in [1.807, 2.05) is 13.8 Å². The molecule has 0 saturated carbocycles. The number of urea groups is 1. The van der Waals surface area contributed by atoms with Crippen molar-refractivity contribution >= 4 is 23.3 Å². The van der Waals surface area contributed by atoms with Crippen molar-refractivity contribution in [1.29, 1.82) is 0 Å². The normalized spacial score (nSPS) is 11.8. The second-order valence-corrected chi connectivity index (χ2v) is 4.72. The molecule has 1 rings (SSSR count). The molecule has 6 heteroatoms. The van der Waals surface area contributed by atoms with Gasteiger partial charge in [0.25, 0.3) is 0 Å². The zero-order valence-electron chi connectivity index (χ0n) is 11.8. The molecule has 0 aliphatic rings. The van der Waals surface area contributed by atoms with E-state index in [4.69, 9.17) is 16.3 Å². The highest BCUT2D eigenvalue weighted by molar-refractivity contribution is 6.32. The van der Waals surface area contributed by atoms with E-state index in [1.165, 1.54) is 0 Å². The lowest BCUT2D eigenvalue weighted by molar-refractivity contribution is 0.160. The molecule has 0 aliphatic heterocycles. The third kappa shape index (κ3) is 5.67. The molecule has 1 aromatic carbocycles. The van der Waals surface area contributed by atoms with E-state index in [-0.39, 0.29) is 12.1 Å².